The van der Waals surface area contributed by atoms with Gasteiger partial charge in [0.25, 0.3) is 5.91 Å². The summed E-state index contributed by atoms with van der Waals surface area (Å²) in [4.78, 5) is 20.7. The summed E-state index contributed by atoms with van der Waals surface area (Å²) >= 11 is 1.39. The van der Waals surface area contributed by atoms with Crippen molar-refractivity contribution in [3.05, 3.63) is 64.5 Å². The highest BCUT2D eigenvalue weighted by Gasteiger charge is 2.28. The fraction of sp³-hybridized carbons (Fsp3) is 0.304. The molecule has 2 heterocycles. The van der Waals surface area contributed by atoms with Crippen molar-refractivity contribution in [3.8, 4) is 11.3 Å². The van der Waals surface area contributed by atoms with E-state index in [-0.39, 0.29) is 16.4 Å². The van der Waals surface area contributed by atoms with Crippen molar-refractivity contribution in [1.29, 1.82) is 0 Å². The Labute approximate surface area is 192 Å². The summed E-state index contributed by atoms with van der Waals surface area (Å²) in [6.07, 6.45) is 0. The predicted molar refractivity (Wildman–Crippen MR) is 128 cm³/mol. The van der Waals surface area contributed by atoms with Gasteiger partial charge in [-0.2, -0.15) is 4.31 Å². The number of aromatic nitrogens is 1. The van der Waals surface area contributed by atoms with Crippen LogP contribution in [0.3, 0.4) is 0 Å². The van der Waals surface area contributed by atoms with Gasteiger partial charge in [0.1, 0.15) is 0 Å². The van der Waals surface area contributed by atoms with Crippen LogP contribution in [0.15, 0.2) is 53.4 Å². The summed E-state index contributed by atoms with van der Waals surface area (Å²) in [6, 6.07) is 14.3. The minimum atomic E-state index is -3.64. The van der Waals surface area contributed by atoms with Gasteiger partial charge < -0.3 is 4.90 Å². The third-order valence-electron chi connectivity index (χ3n) is 5.54. The van der Waals surface area contributed by atoms with Gasteiger partial charge in [-0.3, -0.25) is 10.1 Å². The van der Waals surface area contributed by atoms with Crippen molar-refractivity contribution in [1.82, 2.24) is 14.2 Å². The highest BCUT2D eigenvalue weighted by atomic mass is 32.2. The zero-order valence-corrected chi connectivity index (χ0v) is 20.0. The monoisotopic (exact) mass is 470 g/mol. The van der Waals surface area contributed by atoms with Crippen LogP contribution in [0.5, 0.6) is 0 Å². The number of rotatable bonds is 5. The number of amides is 1. The molecule has 32 heavy (non-hydrogen) atoms. The van der Waals surface area contributed by atoms with Crippen LogP contribution in [0.1, 0.15) is 20.8 Å². The van der Waals surface area contributed by atoms with E-state index in [9.17, 15) is 13.2 Å². The standard InChI is InChI=1S/C23H26N4O3S2/c1-16-7-9-18(10-8-16)21-17(2)31-23(24-21)25-22(28)19-5-4-6-20(15-19)32(29,30)27-13-11-26(3)12-14-27/h4-10,15H,11-14H2,1-3H3,(H,24,25,28). The molecule has 1 N–H and O–H groups in total. The van der Waals surface area contributed by atoms with E-state index in [1.54, 1.807) is 12.1 Å². The zero-order valence-electron chi connectivity index (χ0n) is 18.3. The van der Waals surface area contributed by atoms with Gasteiger partial charge in [0.05, 0.1) is 10.6 Å². The van der Waals surface area contributed by atoms with E-state index in [4.69, 9.17) is 0 Å². The van der Waals surface area contributed by atoms with Gasteiger partial charge in [0.2, 0.25) is 10.0 Å². The maximum absolute atomic E-state index is 13.0. The fourth-order valence-electron chi connectivity index (χ4n) is 3.57. The Bertz CT molecular complexity index is 1230. The number of sulfonamides is 1. The van der Waals surface area contributed by atoms with Gasteiger partial charge in [-0.1, -0.05) is 35.9 Å². The molecule has 1 aromatic heterocycles. The molecule has 7 nitrogen and oxygen atoms in total. The predicted octanol–water partition coefficient (Wildman–Crippen LogP) is 3.62. The first-order valence-corrected chi connectivity index (χ1v) is 12.6. The Kier molecular flexibility index (Phi) is 6.43. The third-order valence-corrected chi connectivity index (χ3v) is 8.32. The van der Waals surface area contributed by atoms with Gasteiger partial charge in [-0.05, 0) is 39.1 Å². The van der Waals surface area contributed by atoms with Crippen LogP contribution in [0.4, 0.5) is 5.13 Å². The first kappa shape index (κ1) is 22.6. The summed E-state index contributed by atoms with van der Waals surface area (Å²) in [6.45, 7) is 6.25. The van der Waals surface area contributed by atoms with Crippen LogP contribution >= 0.6 is 11.3 Å². The van der Waals surface area contributed by atoms with Gasteiger partial charge in [-0.25, -0.2) is 13.4 Å². The molecular weight excluding hydrogens is 444 g/mol. The van der Waals surface area contributed by atoms with Crippen molar-refractivity contribution in [2.24, 2.45) is 0 Å². The normalized spacial score (nSPS) is 15.6. The maximum atomic E-state index is 13.0. The SMILES string of the molecule is Cc1ccc(-c2nc(NC(=O)c3cccc(S(=O)(=O)N4CCN(C)CC4)c3)sc2C)cc1. The Morgan fingerprint density at radius 3 is 2.41 bits per heavy atom. The molecule has 1 aliphatic rings. The number of likely N-dealkylation sites (N-methyl/N-ethyl adjacent to an activating group) is 1. The third kappa shape index (κ3) is 4.75. The molecule has 0 spiro atoms. The number of anilines is 1. The molecule has 0 unspecified atom stereocenters. The number of hydrogen-bond donors (Lipinski definition) is 1. The number of nitrogens with zero attached hydrogens (tertiary/aromatic N) is 3. The lowest BCUT2D eigenvalue weighted by Gasteiger charge is -2.31. The lowest BCUT2D eigenvalue weighted by atomic mass is 10.1. The van der Waals surface area contributed by atoms with Gasteiger partial charge in [0.15, 0.2) is 5.13 Å². The number of carbonyl (C=O) groups is 1. The molecule has 0 saturated carbocycles. The van der Waals surface area contributed by atoms with Crippen molar-refractivity contribution in [2.45, 2.75) is 18.7 Å². The van der Waals surface area contributed by atoms with Crippen molar-refractivity contribution in [2.75, 3.05) is 38.5 Å². The van der Waals surface area contributed by atoms with E-state index in [2.05, 4.69) is 15.2 Å². The van der Waals surface area contributed by atoms with Crippen LogP contribution in [-0.2, 0) is 10.0 Å². The topological polar surface area (TPSA) is 82.6 Å². The average Bonchev–Trinajstić information content (AvgIpc) is 3.14. The second-order valence-electron chi connectivity index (χ2n) is 7.98. The summed E-state index contributed by atoms with van der Waals surface area (Å²) < 4.78 is 27.5. The second kappa shape index (κ2) is 9.11. The molecule has 168 valence electrons. The zero-order chi connectivity index (χ0) is 22.9. The van der Waals surface area contributed by atoms with Crippen molar-refractivity contribution in [3.63, 3.8) is 0 Å². The van der Waals surface area contributed by atoms with Crippen LogP contribution in [0.2, 0.25) is 0 Å². The van der Waals surface area contributed by atoms with Gasteiger partial charge in [0, 0.05) is 42.2 Å². The summed E-state index contributed by atoms with van der Waals surface area (Å²) in [5.74, 6) is -0.385. The first-order valence-electron chi connectivity index (χ1n) is 10.4. The molecule has 1 aliphatic heterocycles. The summed E-state index contributed by atoms with van der Waals surface area (Å²) in [7, 11) is -1.67. The van der Waals surface area contributed by atoms with E-state index in [0.717, 1.165) is 16.1 Å². The van der Waals surface area contributed by atoms with Crippen LogP contribution in [0, 0.1) is 13.8 Å². The van der Waals surface area contributed by atoms with Crippen LogP contribution < -0.4 is 5.32 Å². The molecule has 4 rings (SSSR count). The van der Waals surface area contributed by atoms with Crippen molar-refractivity contribution < 1.29 is 13.2 Å². The number of hydrogen-bond acceptors (Lipinski definition) is 6. The number of benzene rings is 2. The molecule has 1 fully saturated rings. The average molecular weight is 471 g/mol. The Hall–Kier alpha value is -2.59. The maximum Gasteiger partial charge on any atom is 0.257 e. The minimum absolute atomic E-state index is 0.130. The highest BCUT2D eigenvalue weighted by Crippen LogP contribution is 2.31. The second-order valence-corrected chi connectivity index (χ2v) is 11.1. The molecular formula is C23H26N4O3S2. The highest BCUT2D eigenvalue weighted by molar-refractivity contribution is 7.89. The molecule has 2 aromatic carbocycles. The molecule has 0 radical (unpaired) electrons. The molecule has 3 aromatic rings. The lowest BCUT2D eigenvalue weighted by molar-refractivity contribution is 0.102. The van der Waals surface area contributed by atoms with E-state index < -0.39 is 10.0 Å². The summed E-state index contributed by atoms with van der Waals surface area (Å²) in [5.41, 5.74) is 3.27. The van der Waals surface area contributed by atoms with Crippen molar-refractivity contribution >= 4 is 32.4 Å². The molecule has 9 heteroatoms. The number of piperazine rings is 1. The fourth-order valence-corrected chi connectivity index (χ4v) is 5.87. The molecule has 0 bridgehead atoms. The van der Waals surface area contributed by atoms with E-state index in [1.165, 1.54) is 33.3 Å². The lowest BCUT2D eigenvalue weighted by Crippen LogP contribution is -2.47. The molecule has 1 saturated heterocycles. The molecule has 0 aliphatic carbocycles. The number of nitrogens with one attached hydrogen (secondary N) is 1. The minimum Gasteiger partial charge on any atom is -0.304 e. The van der Waals surface area contributed by atoms with Crippen LogP contribution in [0.25, 0.3) is 11.3 Å². The van der Waals surface area contributed by atoms with E-state index >= 15 is 0 Å². The molecule has 1 amide bonds. The first-order chi connectivity index (χ1) is 15.2. The van der Waals surface area contributed by atoms with Gasteiger partial charge in [-0.15, -0.1) is 11.3 Å². The smallest absolute Gasteiger partial charge is 0.257 e. The molecule has 0 atom stereocenters. The Morgan fingerprint density at radius 1 is 1.03 bits per heavy atom. The number of thiazole rings is 1. The van der Waals surface area contributed by atoms with E-state index in [1.807, 2.05) is 45.2 Å². The Morgan fingerprint density at radius 2 is 1.72 bits per heavy atom. The van der Waals surface area contributed by atoms with Crippen LogP contribution in [-0.4, -0.2) is 61.7 Å². The van der Waals surface area contributed by atoms with E-state index in [0.29, 0.717) is 31.3 Å². The largest absolute Gasteiger partial charge is 0.304 e. The number of carbonyl (C=O) groups excluding carboxylic acids is 1. The quantitative estimate of drug-likeness (QED) is 0.616. The number of aryl methyl sites for hydroxylation is 2. The summed E-state index contributed by atoms with van der Waals surface area (Å²) in [5, 5.41) is 3.30. The Balaban J connectivity index is 1.52. The van der Waals surface area contributed by atoms with Gasteiger partial charge >= 0.3 is 0 Å².